The number of nitrogens with one attached hydrogen (secondary N) is 1. The third kappa shape index (κ3) is 8.63. The molecule has 0 aliphatic carbocycles. The van der Waals surface area contributed by atoms with Gasteiger partial charge in [-0.2, -0.15) is 11.8 Å². The molecule has 0 bridgehead atoms. The molecule has 0 rings (SSSR count). The van der Waals surface area contributed by atoms with Crippen LogP contribution < -0.4 is 5.32 Å². The van der Waals surface area contributed by atoms with Gasteiger partial charge in [0.2, 0.25) is 0 Å². The lowest BCUT2D eigenvalue weighted by Crippen LogP contribution is -2.29. The molecule has 0 radical (unpaired) electrons. The summed E-state index contributed by atoms with van der Waals surface area (Å²) in [7, 11) is 0. The van der Waals surface area contributed by atoms with Gasteiger partial charge in [-0.3, -0.25) is 0 Å². The van der Waals surface area contributed by atoms with Crippen LogP contribution in [-0.2, 0) is 0 Å². The van der Waals surface area contributed by atoms with E-state index < -0.39 is 0 Å². The van der Waals surface area contributed by atoms with Crippen molar-refractivity contribution in [1.29, 1.82) is 0 Å². The molecule has 0 aliphatic heterocycles. The molecular weight excluding hydrogens is 178 g/mol. The number of rotatable bonds is 8. The van der Waals surface area contributed by atoms with Gasteiger partial charge < -0.3 is 5.32 Å². The van der Waals surface area contributed by atoms with E-state index >= 15 is 0 Å². The first-order valence-electron chi connectivity index (χ1n) is 5.55. The van der Waals surface area contributed by atoms with Crippen LogP contribution in [0.2, 0.25) is 0 Å². The van der Waals surface area contributed by atoms with Crippen molar-refractivity contribution in [2.24, 2.45) is 0 Å². The third-order valence-electron chi connectivity index (χ3n) is 2.03. The van der Waals surface area contributed by atoms with Crippen LogP contribution in [0.5, 0.6) is 0 Å². The number of hydrogen-bond donors (Lipinski definition) is 1. The Labute approximate surface area is 88.1 Å². The fourth-order valence-electron chi connectivity index (χ4n) is 1.36. The van der Waals surface area contributed by atoms with Crippen molar-refractivity contribution < 1.29 is 0 Å². The van der Waals surface area contributed by atoms with Gasteiger partial charge in [0.05, 0.1) is 0 Å². The Balaban J connectivity index is 3.35. The van der Waals surface area contributed by atoms with Crippen LogP contribution in [0.3, 0.4) is 0 Å². The summed E-state index contributed by atoms with van der Waals surface area (Å²) in [4.78, 5) is 0. The van der Waals surface area contributed by atoms with Crippen LogP contribution in [0, 0.1) is 0 Å². The largest absolute Gasteiger partial charge is 0.314 e. The lowest BCUT2D eigenvalue weighted by molar-refractivity contribution is 0.513. The van der Waals surface area contributed by atoms with Crippen LogP contribution in [0.15, 0.2) is 0 Å². The van der Waals surface area contributed by atoms with Crippen molar-refractivity contribution in [1.82, 2.24) is 5.32 Å². The topological polar surface area (TPSA) is 12.0 Å². The van der Waals surface area contributed by atoms with Crippen molar-refractivity contribution in [3.63, 3.8) is 0 Å². The van der Waals surface area contributed by atoms with E-state index in [1.807, 2.05) is 0 Å². The maximum absolute atomic E-state index is 3.53. The summed E-state index contributed by atoms with van der Waals surface area (Å²) in [5, 5.41) is 4.33. The molecule has 80 valence electrons. The van der Waals surface area contributed by atoms with Crippen LogP contribution in [0.1, 0.15) is 47.0 Å². The highest BCUT2D eigenvalue weighted by atomic mass is 32.2. The average molecular weight is 203 g/mol. The van der Waals surface area contributed by atoms with E-state index in [0.29, 0.717) is 6.04 Å². The Morgan fingerprint density at radius 1 is 1.15 bits per heavy atom. The normalized spacial score (nSPS) is 15.7. The Morgan fingerprint density at radius 3 is 2.38 bits per heavy atom. The van der Waals surface area contributed by atoms with Crippen molar-refractivity contribution in [3.05, 3.63) is 0 Å². The lowest BCUT2D eigenvalue weighted by Gasteiger charge is -2.17. The van der Waals surface area contributed by atoms with Gasteiger partial charge in [-0.15, -0.1) is 0 Å². The zero-order valence-electron chi connectivity index (χ0n) is 9.60. The highest BCUT2D eigenvalue weighted by Crippen LogP contribution is 2.16. The first kappa shape index (κ1) is 13.3. The second-order valence-electron chi connectivity index (χ2n) is 3.77. The first-order valence-corrected chi connectivity index (χ1v) is 6.60. The molecule has 0 fully saturated rings. The van der Waals surface area contributed by atoms with E-state index in [4.69, 9.17) is 0 Å². The van der Waals surface area contributed by atoms with Gasteiger partial charge >= 0.3 is 0 Å². The summed E-state index contributed by atoms with van der Waals surface area (Å²) < 4.78 is 0. The summed E-state index contributed by atoms with van der Waals surface area (Å²) in [5.74, 6) is 1.31. The molecule has 0 aliphatic rings. The molecule has 0 amide bonds. The highest BCUT2D eigenvalue weighted by Gasteiger charge is 2.07. The van der Waals surface area contributed by atoms with Gasteiger partial charge in [-0.1, -0.05) is 20.8 Å². The van der Waals surface area contributed by atoms with Gasteiger partial charge in [-0.05, 0) is 38.5 Å². The smallest absolute Gasteiger partial charge is 0.00491 e. The lowest BCUT2D eigenvalue weighted by atomic mass is 10.2. The monoisotopic (exact) mass is 203 g/mol. The molecule has 0 aromatic rings. The molecule has 2 unspecified atom stereocenters. The van der Waals surface area contributed by atoms with Crippen molar-refractivity contribution in [3.8, 4) is 0 Å². The maximum Gasteiger partial charge on any atom is 0.00491 e. The van der Waals surface area contributed by atoms with Gasteiger partial charge in [0, 0.05) is 11.3 Å². The van der Waals surface area contributed by atoms with E-state index in [0.717, 1.165) is 11.8 Å². The fourth-order valence-corrected chi connectivity index (χ4v) is 2.42. The molecule has 0 spiro atoms. The Morgan fingerprint density at radius 2 is 1.85 bits per heavy atom. The van der Waals surface area contributed by atoms with Gasteiger partial charge in [0.15, 0.2) is 0 Å². The predicted octanol–water partition coefficient (Wildman–Crippen LogP) is 3.30. The van der Waals surface area contributed by atoms with Crippen molar-refractivity contribution in [2.45, 2.75) is 58.2 Å². The standard InChI is InChI=1S/C11H25NS/c1-5-7-12-10(3)9-11(4)13-8-6-2/h10-12H,5-9H2,1-4H3. The van der Waals surface area contributed by atoms with Gasteiger partial charge in [-0.25, -0.2) is 0 Å². The van der Waals surface area contributed by atoms with Crippen LogP contribution in [0.4, 0.5) is 0 Å². The molecule has 1 nitrogen and oxygen atoms in total. The number of thioether (sulfide) groups is 1. The molecular formula is C11H25NS. The SMILES string of the molecule is CCCNC(C)CC(C)SCCC. The summed E-state index contributed by atoms with van der Waals surface area (Å²) in [6, 6.07) is 0.680. The van der Waals surface area contributed by atoms with Crippen molar-refractivity contribution >= 4 is 11.8 Å². The van der Waals surface area contributed by atoms with E-state index in [9.17, 15) is 0 Å². The van der Waals surface area contributed by atoms with Gasteiger partial charge in [0.1, 0.15) is 0 Å². The van der Waals surface area contributed by atoms with E-state index in [-0.39, 0.29) is 0 Å². The molecule has 1 N–H and O–H groups in total. The van der Waals surface area contributed by atoms with E-state index in [2.05, 4.69) is 44.8 Å². The summed E-state index contributed by atoms with van der Waals surface area (Å²) in [6.07, 6.45) is 3.83. The molecule has 0 saturated heterocycles. The number of hydrogen-bond acceptors (Lipinski definition) is 2. The molecule has 0 aromatic heterocycles. The maximum atomic E-state index is 3.53. The Kier molecular flexibility index (Phi) is 9.10. The predicted molar refractivity (Wildman–Crippen MR) is 64.6 cm³/mol. The molecule has 0 heterocycles. The van der Waals surface area contributed by atoms with E-state index in [1.54, 1.807) is 0 Å². The summed E-state index contributed by atoms with van der Waals surface area (Å²) in [5.41, 5.74) is 0. The van der Waals surface area contributed by atoms with Crippen LogP contribution >= 0.6 is 11.8 Å². The second-order valence-corrected chi connectivity index (χ2v) is 5.32. The average Bonchev–Trinajstić information content (AvgIpc) is 2.11. The van der Waals surface area contributed by atoms with E-state index in [1.165, 1.54) is 25.0 Å². The zero-order valence-corrected chi connectivity index (χ0v) is 10.4. The van der Waals surface area contributed by atoms with Crippen molar-refractivity contribution in [2.75, 3.05) is 12.3 Å². The van der Waals surface area contributed by atoms with Crippen LogP contribution in [0.25, 0.3) is 0 Å². The minimum Gasteiger partial charge on any atom is -0.314 e. The minimum atomic E-state index is 0.680. The third-order valence-corrected chi connectivity index (χ3v) is 3.44. The molecule has 0 saturated carbocycles. The molecule has 2 heteroatoms. The molecule has 2 atom stereocenters. The first-order chi connectivity index (χ1) is 6.20. The Bertz CT molecular complexity index is 94.3. The fraction of sp³-hybridized carbons (Fsp3) is 1.00. The van der Waals surface area contributed by atoms with Crippen LogP contribution in [-0.4, -0.2) is 23.6 Å². The highest BCUT2D eigenvalue weighted by molar-refractivity contribution is 7.99. The summed E-state index contributed by atoms with van der Waals surface area (Å²) >= 11 is 2.10. The zero-order chi connectivity index (χ0) is 10.1. The minimum absolute atomic E-state index is 0.680. The summed E-state index contributed by atoms with van der Waals surface area (Å²) in [6.45, 7) is 10.3. The second kappa shape index (κ2) is 8.89. The molecule has 0 aromatic carbocycles. The molecule has 13 heavy (non-hydrogen) atoms. The quantitative estimate of drug-likeness (QED) is 0.649. The van der Waals surface area contributed by atoms with Gasteiger partial charge in [0.25, 0.3) is 0 Å². The Hall–Kier alpha value is 0.310.